The number of hydrogen-bond donors (Lipinski definition) is 2. The molecule has 0 aliphatic heterocycles. The lowest BCUT2D eigenvalue weighted by Crippen LogP contribution is -2.17. The van der Waals surface area contributed by atoms with E-state index in [9.17, 15) is 13.2 Å². The van der Waals surface area contributed by atoms with E-state index in [2.05, 4.69) is 4.72 Å². The number of sulfonamides is 1. The molecule has 0 saturated heterocycles. The third-order valence-corrected chi connectivity index (χ3v) is 5.02. The van der Waals surface area contributed by atoms with Crippen molar-refractivity contribution in [3.05, 3.63) is 63.7 Å². The molecule has 7 heteroatoms. The summed E-state index contributed by atoms with van der Waals surface area (Å²) in [7, 11) is -3.40. The highest BCUT2D eigenvalue weighted by Crippen LogP contribution is 2.41. The van der Waals surface area contributed by atoms with Crippen LogP contribution >= 0.6 is 11.6 Å². The molecule has 2 aromatic rings. The maximum Gasteiger partial charge on any atom is 0.249 e. The number of hydrogen-bond acceptors (Lipinski definition) is 3. The Balaban J connectivity index is 2.10. The molecule has 3 N–H and O–H groups in total. The largest absolute Gasteiger partial charge is 0.366 e. The van der Waals surface area contributed by atoms with Crippen LogP contribution in [-0.4, -0.2) is 20.6 Å². The van der Waals surface area contributed by atoms with Crippen molar-refractivity contribution < 1.29 is 13.2 Å². The molecular weight excluding hydrogens is 348 g/mol. The smallest absolute Gasteiger partial charge is 0.249 e. The molecule has 0 aromatic heterocycles. The number of benzene rings is 2. The lowest BCUT2D eigenvalue weighted by molar-refractivity contribution is 0.0999. The van der Waals surface area contributed by atoms with Crippen molar-refractivity contribution in [1.29, 1.82) is 0 Å². The van der Waals surface area contributed by atoms with Crippen LogP contribution in [0.5, 0.6) is 0 Å². The van der Waals surface area contributed by atoms with Crippen molar-refractivity contribution in [2.75, 3.05) is 11.0 Å². The number of carbonyl (C=O) groups is 1. The van der Waals surface area contributed by atoms with Crippen LogP contribution in [0.25, 0.3) is 0 Å². The van der Waals surface area contributed by atoms with Gasteiger partial charge in [-0.15, -0.1) is 0 Å². The molecule has 0 radical (unpaired) electrons. The molecule has 0 saturated carbocycles. The summed E-state index contributed by atoms with van der Waals surface area (Å²) in [5, 5.41) is 0.678. The molecule has 0 unspecified atom stereocenters. The molecule has 0 bridgehead atoms. The van der Waals surface area contributed by atoms with E-state index >= 15 is 0 Å². The van der Waals surface area contributed by atoms with E-state index in [4.69, 9.17) is 17.3 Å². The van der Waals surface area contributed by atoms with Gasteiger partial charge in [0.05, 0.1) is 6.26 Å². The zero-order chi connectivity index (χ0) is 17.5. The first-order chi connectivity index (χ1) is 11.2. The third-order valence-electron chi connectivity index (χ3n) is 4.18. The zero-order valence-corrected chi connectivity index (χ0v) is 14.6. The minimum atomic E-state index is -3.40. The average Bonchev–Trinajstić information content (AvgIpc) is 2.87. The molecule has 1 amide bonds. The number of aryl methyl sites for hydroxylation is 1. The van der Waals surface area contributed by atoms with Gasteiger partial charge in [0.15, 0.2) is 0 Å². The molecule has 3 rings (SSSR count). The summed E-state index contributed by atoms with van der Waals surface area (Å²) in [6.45, 7) is 0. The molecule has 0 spiro atoms. The molecule has 2 aromatic carbocycles. The Morgan fingerprint density at radius 2 is 1.96 bits per heavy atom. The number of nitrogens with two attached hydrogens (primary N) is 1. The molecule has 1 atom stereocenters. The van der Waals surface area contributed by atoms with Crippen molar-refractivity contribution in [3.8, 4) is 0 Å². The second kappa shape index (κ2) is 6.11. The lowest BCUT2D eigenvalue weighted by Gasteiger charge is -2.17. The lowest BCUT2D eigenvalue weighted by atomic mass is 9.89. The van der Waals surface area contributed by atoms with Crippen molar-refractivity contribution in [2.45, 2.75) is 18.8 Å². The maximum atomic E-state index is 11.8. The minimum absolute atomic E-state index is 0.0129. The molecule has 0 fully saturated rings. The maximum absolute atomic E-state index is 11.8. The van der Waals surface area contributed by atoms with E-state index < -0.39 is 15.9 Å². The Morgan fingerprint density at radius 1 is 1.21 bits per heavy atom. The van der Waals surface area contributed by atoms with Gasteiger partial charge in [0.25, 0.3) is 0 Å². The van der Waals surface area contributed by atoms with Crippen LogP contribution < -0.4 is 10.5 Å². The first-order valence-corrected chi connectivity index (χ1v) is 9.71. The van der Waals surface area contributed by atoms with Gasteiger partial charge in [0.1, 0.15) is 0 Å². The van der Waals surface area contributed by atoms with Gasteiger partial charge >= 0.3 is 0 Å². The van der Waals surface area contributed by atoms with Crippen molar-refractivity contribution in [2.24, 2.45) is 5.73 Å². The van der Waals surface area contributed by atoms with Crippen LogP contribution in [0.2, 0.25) is 5.02 Å². The van der Waals surface area contributed by atoms with Gasteiger partial charge < -0.3 is 5.73 Å². The number of halogens is 1. The highest BCUT2D eigenvalue weighted by molar-refractivity contribution is 7.92. The number of primary amides is 1. The van der Waals surface area contributed by atoms with Gasteiger partial charge in [-0.1, -0.05) is 17.7 Å². The number of fused-ring (bicyclic) bond motifs is 1. The van der Waals surface area contributed by atoms with Crippen LogP contribution in [0.3, 0.4) is 0 Å². The van der Waals surface area contributed by atoms with Crippen LogP contribution in [0.15, 0.2) is 36.4 Å². The number of nitrogens with one attached hydrogen (secondary N) is 1. The number of anilines is 1. The van der Waals surface area contributed by atoms with E-state index in [0.717, 1.165) is 35.8 Å². The quantitative estimate of drug-likeness (QED) is 0.874. The Morgan fingerprint density at radius 3 is 2.62 bits per heavy atom. The van der Waals surface area contributed by atoms with E-state index in [0.29, 0.717) is 16.3 Å². The molecule has 5 nitrogen and oxygen atoms in total. The normalized spacial score (nSPS) is 16.7. The topological polar surface area (TPSA) is 89.3 Å². The second-order valence-electron chi connectivity index (χ2n) is 5.97. The highest BCUT2D eigenvalue weighted by atomic mass is 35.5. The standard InChI is InChI=1S/C17H17ClN2O3S/c1-24(22,23)20-12-4-7-15(17(19)21)16(9-12)14-5-2-10-8-11(18)3-6-13(10)14/h3-4,6-9,14,20H,2,5H2,1H3,(H2,19,21)/t14-/m1/s1. The molecule has 126 valence electrons. The molecule has 1 aliphatic rings. The molecule has 1 aliphatic carbocycles. The molecule has 0 heterocycles. The zero-order valence-electron chi connectivity index (χ0n) is 13.0. The summed E-state index contributed by atoms with van der Waals surface area (Å²) in [6, 6.07) is 10.5. The van der Waals surface area contributed by atoms with Gasteiger partial charge in [0.2, 0.25) is 15.9 Å². The SMILES string of the molecule is CS(=O)(=O)Nc1ccc(C(N)=O)c([C@@H]2CCc3cc(Cl)ccc32)c1. The Hall–Kier alpha value is -2.05. The highest BCUT2D eigenvalue weighted by Gasteiger charge is 2.27. The van der Waals surface area contributed by atoms with E-state index in [1.165, 1.54) is 0 Å². The monoisotopic (exact) mass is 364 g/mol. The van der Waals surface area contributed by atoms with Crippen molar-refractivity contribution in [1.82, 2.24) is 0 Å². The van der Waals surface area contributed by atoms with E-state index in [1.54, 1.807) is 18.2 Å². The number of rotatable bonds is 4. The summed E-state index contributed by atoms with van der Waals surface area (Å²) in [4.78, 5) is 11.8. The Kier molecular flexibility index (Phi) is 4.27. The summed E-state index contributed by atoms with van der Waals surface area (Å²) in [6.07, 6.45) is 2.75. The van der Waals surface area contributed by atoms with Crippen LogP contribution in [0.1, 0.15) is 39.4 Å². The first-order valence-electron chi connectivity index (χ1n) is 7.44. The average molecular weight is 365 g/mol. The van der Waals surface area contributed by atoms with Gasteiger partial charge in [-0.05, 0) is 59.9 Å². The fraction of sp³-hybridized carbons (Fsp3) is 0.235. The van der Waals surface area contributed by atoms with Crippen LogP contribution in [-0.2, 0) is 16.4 Å². The number of carbonyl (C=O) groups excluding carboxylic acids is 1. The van der Waals surface area contributed by atoms with Gasteiger partial charge in [0, 0.05) is 22.2 Å². The fourth-order valence-electron chi connectivity index (χ4n) is 3.26. The molecular formula is C17H17ClN2O3S. The second-order valence-corrected chi connectivity index (χ2v) is 8.16. The summed E-state index contributed by atoms with van der Waals surface area (Å²) in [5.74, 6) is -0.542. The predicted octanol–water partition coefficient (Wildman–Crippen LogP) is 2.89. The van der Waals surface area contributed by atoms with Gasteiger partial charge in [-0.2, -0.15) is 0 Å². The predicted molar refractivity (Wildman–Crippen MR) is 95.0 cm³/mol. The fourth-order valence-corrected chi connectivity index (χ4v) is 4.01. The summed E-state index contributed by atoms with van der Waals surface area (Å²) < 4.78 is 25.4. The number of amides is 1. The van der Waals surface area contributed by atoms with Crippen molar-refractivity contribution in [3.63, 3.8) is 0 Å². The van der Waals surface area contributed by atoms with E-state index in [-0.39, 0.29) is 5.92 Å². The Labute approximate surface area is 145 Å². The van der Waals surface area contributed by atoms with Crippen molar-refractivity contribution >= 4 is 33.2 Å². The summed E-state index contributed by atoms with van der Waals surface area (Å²) >= 11 is 6.05. The van der Waals surface area contributed by atoms with Gasteiger partial charge in [-0.3, -0.25) is 9.52 Å². The Bertz CT molecular complexity index is 925. The van der Waals surface area contributed by atoms with Crippen LogP contribution in [0.4, 0.5) is 5.69 Å². The third kappa shape index (κ3) is 3.39. The molecule has 24 heavy (non-hydrogen) atoms. The van der Waals surface area contributed by atoms with Gasteiger partial charge in [-0.25, -0.2) is 8.42 Å². The first kappa shape index (κ1) is 16.8. The van der Waals surface area contributed by atoms with E-state index in [1.807, 2.05) is 18.2 Å². The van der Waals surface area contributed by atoms with Crippen LogP contribution in [0, 0.1) is 0 Å². The summed E-state index contributed by atoms with van der Waals surface area (Å²) in [5.41, 5.74) is 9.30. The minimum Gasteiger partial charge on any atom is -0.366 e.